The molecule has 0 radical (unpaired) electrons. The molecular weight excluding hydrogens is 216 g/mol. The van der Waals surface area contributed by atoms with E-state index in [4.69, 9.17) is 5.11 Å². The number of rotatable bonds is 5. The molecule has 0 saturated heterocycles. The van der Waals surface area contributed by atoms with Crippen molar-refractivity contribution >= 4 is 5.91 Å². The highest BCUT2D eigenvalue weighted by atomic mass is 16.3. The van der Waals surface area contributed by atoms with Gasteiger partial charge in [0, 0.05) is 18.2 Å². The molecule has 4 nitrogen and oxygen atoms in total. The van der Waals surface area contributed by atoms with Crippen LogP contribution in [0.1, 0.15) is 22.8 Å². The van der Waals surface area contributed by atoms with Crippen LogP contribution in [0.25, 0.3) is 0 Å². The molecule has 94 valence electrons. The van der Waals surface area contributed by atoms with Gasteiger partial charge in [-0.15, -0.1) is 0 Å². The summed E-state index contributed by atoms with van der Waals surface area (Å²) in [5.41, 5.74) is 1.79. The third kappa shape index (κ3) is 4.54. The first-order valence-electron chi connectivity index (χ1n) is 5.68. The fourth-order valence-electron chi connectivity index (χ4n) is 1.48. The molecule has 0 heterocycles. The topological polar surface area (TPSA) is 52.6 Å². The molecule has 1 unspecified atom stereocenters. The Morgan fingerprint density at radius 1 is 1.35 bits per heavy atom. The number of carbonyl (C=O) groups is 1. The number of carbonyl (C=O) groups excluding carboxylic acids is 1. The summed E-state index contributed by atoms with van der Waals surface area (Å²) in [5.74, 6) is -0.150. The normalized spacial score (nSPS) is 12.5. The highest BCUT2D eigenvalue weighted by Gasteiger charge is 2.08. The molecular formula is C13H20N2O2. The first kappa shape index (κ1) is 13.7. The van der Waals surface area contributed by atoms with E-state index in [0.717, 1.165) is 6.54 Å². The van der Waals surface area contributed by atoms with Crippen LogP contribution in [0.5, 0.6) is 0 Å². The van der Waals surface area contributed by atoms with Gasteiger partial charge in [0.25, 0.3) is 5.91 Å². The van der Waals surface area contributed by atoms with Crippen LogP contribution < -0.4 is 5.32 Å². The van der Waals surface area contributed by atoms with E-state index in [0.29, 0.717) is 5.56 Å². The lowest BCUT2D eigenvalue weighted by Crippen LogP contribution is -2.34. The molecule has 1 rings (SSSR count). The second kappa shape index (κ2) is 6.37. The first-order chi connectivity index (χ1) is 8.02. The van der Waals surface area contributed by atoms with Crippen molar-refractivity contribution in [2.45, 2.75) is 19.5 Å². The van der Waals surface area contributed by atoms with E-state index in [-0.39, 0.29) is 18.6 Å². The number of hydrogen-bond acceptors (Lipinski definition) is 3. The summed E-state index contributed by atoms with van der Waals surface area (Å²) in [6.07, 6.45) is 0. The van der Waals surface area contributed by atoms with Crippen molar-refractivity contribution in [2.75, 3.05) is 20.7 Å². The van der Waals surface area contributed by atoms with Crippen LogP contribution in [0.4, 0.5) is 0 Å². The highest BCUT2D eigenvalue weighted by molar-refractivity contribution is 5.94. The fraction of sp³-hybridized carbons (Fsp3) is 0.462. The molecule has 0 fully saturated rings. The predicted molar refractivity (Wildman–Crippen MR) is 67.8 cm³/mol. The number of aliphatic hydroxyl groups is 1. The maximum absolute atomic E-state index is 11.7. The number of aliphatic hydroxyl groups excluding tert-OH is 1. The molecule has 0 bridgehead atoms. The second-order valence-corrected chi connectivity index (χ2v) is 4.49. The summed E-state index contributed by atoms with van der Waals surface area (Å²) in [6, 6.07) is 7.28. The lowest BCUT2D eigenvalue weighted by molar-refractivity contribution is 0.0922. The van der Waals surface area contributed by atoms with Gasteiger partial charge in [0.05, 0.1) is 6.61 Å². The smallest absolute Gasteiger partial charge is 0.251 e. The molecule has 0 saturated carbocycles. The van der Waals surface area contributed by atoms with Gasteiger partial charge in [0.2, 0.25) is 0 Å². The Morgan fingerprint density at radius 2 is 1.94 bits per heavy atom. The van der Waals surface area contributed by atoms with Gasteiger partial charge < -0.3 is 15.3 Å². The molecule has 2 N–H and O–H groups in total. The molecule has 1 amide bonds. The third-order valence-electron chi connectivity index (χ3n) is 2.37. The van der Waals surface area contributed by atoms with Crippen LogP contribution in [0, 0.1) is 0 Å². The Hall–Kier alpha value is -1.39. The van der Waals surface area contributed by atoms with E-state index in [1.54, 1.807) is 19.1 Å². The van der Waals surface area contributed by atoms with Gasteiger partial charge in [-0.1, -0.05) is 12.1 Å². The van der Waals surface area contributed by atoms with Crippen molar-refractivity contribution in [1.29, 1.82) is 0 Å². The highest BCUT2D eigenvalue weighted by Crippen LogP contribution is 2.06. The minimum absolute atomic E-state index is 0.0511. The zero-order valence-corrected chi connectivity index (χ0v) is 10.6. The van der Waals surface area contributed by atoms with Gasteiger partial charge in [-0.05, 0) is 38.7 Å². The Morgan fingerprint density at radius 3 is 2.41 bits per heavy atom. The van der Waals surface area contributed by atoms with Crippen LogP contribution in [0.15, 0.2) is 24.3 Å². The molecule has 17 heavy (non-hydrogen) atoms. The van der Waals surface area contributed by atoms with Crippen LogP contribution in [0.3, 0.4) is 0 Å². The number of nitrogens with zero attached hydrogens (tertiary/aromatic N) is 1. The summed E-state index contributed by atoms with van der Waals surface area (Å²) in [7, 11) is 4.01. The molecule has 0 spiro atoms. The lowest BCUT2D eigenvalue weighted by atomic mass is 10.1. The van der Waals surface area contributed by atoms with Crippen LogP contribution in [-0.2, 0) is 6.54 Å². The molecule has 0 aliphatic rings. The van der Waals surface area contributed by atoms with E-state index < -0.39 is 0 Å². The van der Waals surface area contributed by atoms with Gasteiger partial charge in [0.1, 0.15) is 0 Å². The maximum atomic E-state index is 11.7. The molecule has 0 aliphatic heterocycles. The minimum Gasteiger partial charge on any atom is -0.394 e. The Labute approximate surface area is 102 Å². The van der Waals surface area contributed by atoms with Gasteiger partial charge >= 0.3 is 0 Å². The summed E-state index contributed by atoms with van der Waals surface area (Å²) < 4.78 is 0. The average molecular weight is 236 g/mol. The fourth-order valence-corrected chi connectivity index (χ4v) is 1.48. The summed E-state index contributed by atoms with van der Waals surface area (Å²) >= 11 is 0. The van der Waals surface area contributed by atoms with E-state index in [1.165, 1.54) is 5.56 Å². The SMILES string of the molecule is CC(CO)NC(=O)c1ccc(CN(C)C)cc1. The van der Waals surface area contributed by atoms with E-state index in [1.807, 2.05) is 26.2 Å². The third-order valence-corrected chi connectivity index (χ3v) is 2.37. The Kier molecular flexibility index (Phi) is 5.12. The molecule has 0 aliphatic carbocycles. The molecule has 0 aromatic heterocycles. The van der Waals surface area contributed by atoms with Crippen LogP contribution in [-0.4, -0.2) is 42.7 Å². The van der Waals surface area contributed by atoms with Crippen molar-refractivity contribution in [3.8, 4) is 0 Å². The van der Waals surface area contributed by atoms with E-state index >= 15 is 0 Å². The Balaban J connectivity index is 2.64. The van der Waals surface area contributed by atoms with Crippen molar-refractivity contribution in [3.63, 3.8) is 0 Å². The van der Waals surface area contributed by atoms with Crippen LogP contribution >= 0.6 is 0 Å². The quantitative estimate of drug-likeness (QED) is 0.797. The summed E-state index contributed by atoms with van der Waals surface area (Å²) in [6.45, 7) is 2.57. The average Bonchev–Trinajstić information content (AvgIpc) is 2.28. The predicted octanol–water partition coefficient (Wildman–Crippen LogP) is 0.859. The largest absolute Gasteiger partial charge is 0.394 e. The summed E-state index contributed by atoms with van der Waals surface area (Å²) in [4.78, 5) is 13.8. The van der Waals surface area contributed by atoms with Crippen LogP contribution in [0.2, 0.25) is 0 Å². The second-order valence-electron chi connectivity index (χ2n) is 4.49. The van der Waals surface area contributed by atoms with Gasteiger partial charge in [-0.25, -0.2) is 0 Å². The zero-order chi connectivity index (χ0) is 12.8. The van der Waals surface area contributed by atoms with Crippen molar-refractivity contribution < 1.29 is 9.90 Å². The van der Waals surface area contributed by atoms with Gasteiger partial charge in [0.15, 0.2) is 0 Å². The first-order valence-corrected chi connectivity index (χ1v) is 5.68. The number of hydrogen-bond donors (Lipinski definition) is 2. The lowest BCUT2D eigenvalue weighted by Gasteiger charge is -2.12. The van der Waals surface area contributed by atoms with Gasteiger partial charge in [-0.2, -0.15) is 0 Å². The molecule has 1 atom stereocenters. The Bertz CT molecular complexity index is 360. The number of nitrogens with one attached hydrogen (secondary N) is 1. The molecule has 1 aromatic rings. The molecule has 1 aromatic carbocycles. The number of amides is 1. The molecule has 4 heteroatoms. The maximum Gasteiger partial charge on any atom is 0.251 e. The monoisotopic (exact) mass is 236 g/mol. The van der Waals surface area contributed by atoms with Crippen molar-refractivity contribution in [3.05, 3.63) is 35.4 Å². The van der Waals surface area contributed by atoms with Crippen molar-refractivity contribution in [1.82, 2.24) is 10.2 Å². The van der Waals surface area contributed by atoms with E-state index in [9.17, 15) is 4.79 Å². The minimum atomic E-state index is -0.219. The number of benzene rings is 1. The standard InChI is InChI=1S/C13H20N2O2/c1-10(9-16)14-13(17)12-6-4-11(5-7-12)8-15(2)3/h4-7,10,16H,8-9H2,1-3H3,(H,14,17). The van der Waals surface area contributed by atoms with Crippen molar-refractivity contribution in [2.24, 2.45) is 0 Å². The van der Waals surface area contributed by atoms with Gasteiger partial charge in [-0.3, -0.25) is 4.79 Å². The summed E-state index contributed by atoms with van der Waals surface area (Å²) in [5, 5.41) is 11.6. The zero-order valence-electron chi connectivity index (χ0n) is 10.6. The van der Waals surface area contributed by atoms with E-state index in [2.05, 4.69) is 10.2 Å².